The lowest BCUT2D eigenvalue weighted by molar-refractivity contribution is 0.669. The number of anilines is 3. The van der Waals surface area contributed by atoms with Crippen molar-refractivity contribution in [1.82, 2.24) is 0 Å². The second-order valence-electron chi connectivity index (χ2n) is 16.3. The average molecular weight is 752 g/mol. The number of rotatable bonds is 1. The minimum Gasteiger partial charge on any atom is -0.456 e. The number of para-hydroxylation sites is 3. The molecule has 3 heteroatoms. The second-order valence-corrected chi connectivity index (χ2v) is 19.9. The fourth-order valence-corrected chi connectivity index (χ4v) is 17.5. The van der Waals surface area contributed by atoms with Gasteiger partial charge in [0.2, 0.25) is 0 Å². The molecule has 3 aliphatic heterocycles. The first kappa shape index (κ1) is 30.9. The van der Waals surface area contributed by atoms with Crippen LogP contribution in [0.2, 0.25) is 0 Å². The van der Waals surface area contributed by atoms with Gasteiger partial charge >= 0.3 is 0 Å². The molecule has 1 aliphatic carbocycles. The van der Waals surface area contributed by atoms with Crippen molar-refractivity contribution < 1.29 is 4.42 Å². The van der Waals surface area contributed by atoms with Crippen LogP contribution in [0.3, 0.4) is 0 Å². The lowest BCUT2D eigenvalue weighted by Crippen LogP contribution is -2.70. The maximum atomic E-state index is 6.58. The number of fused-ring (bicyclic) bond motifs is 22. The van der Waals surface area contributed by atoms with Crippen LogP contribution in [-0.2, 0) is 5.41 Å². The van der Waals surface area contributed by atoms with E-state index in [-0.39, 0.29) is 0 Å². The third-order valence-electron chi connectivity index (χ3n) is 13.9. The van der Waals surface area contributed by atoms with Gasteiger partial charge in [0.1, 0.15) is 11.2 Å². The van der Waals surface area contributed by atoms with Gasteiger partial charge in [0, 0.05) is 16.5 Å². The largest absolute Gasteiger partial charge is 0.456 e. The Bertz CT molecular complexity index is 3300. The zero-order chi connectivity index (χ0) is 37.7. The zero-order valence-electron chi connectivity index (χ0n) is 31.4. The Labute approximate surface area is 336 Å². The number of nitrogens with zero attached hydrogens (tertiary/aromatic N) is 1. The third kappa shape index (κ3) is 3.49. The summed E-state index contributed by atoms with van der Waals surface area (Å²) in [5, 5.41) is 8.20. The zero-order valence-corrected chi connectivity index (χ0v) is 32.4. The molecule has 14 rings (SSSR count). The highest BCUT2D eigenvalue weighted by Crippen LogP contribution is 2.63. The molecule has 2 nitrogen and oxygen atoms in total. The molecule has 0 saturated heterocycles. The van der Waals surface area contributed by atoms with E-state index >= 15 is 0 Å². The number of benzene rings is 9. The van der Waals surface area contributed by atoms with Gasteiger partial charge in [-0.15, -0.1) is 0 Å². The molecule has 10 aromatic rings. The van der Waals surface area contributed by atoms with Crippen molar-refractivity contribution in [2.24, 2.45) is 0 Å². The van der Waals surface area contributed by atoms with Gasteiger partial charge in [-0.05, 0) is 119 Å². The minimum atomic E-state index is -2.80. The fourth-order valence-electron chi connectivity index (χ4n) is 11.8. The van der Waals surface area contributed by atoms with Crippen LogP contribution in [0.25, 0.3) is 55.3 Å². The van der Waals surface area contributed by atoms with Crippen LogP contribution in [0.1, 0.15) is 22.3 Å². The van der Waals surface area contributed by atoms with Gasteiger partial charge < -0.3 is 9.32 Å². The SMILES string of the molecule is c1ccc2c(c1)-c1ccccc1C21c2ccccc2N(c2ccc3c(c2)[Si]2(c4ccccc4-c4ccccc42)c2cc4c(cc2-3)oc2ccccc24)c2ccccc21. The van der Waals surface area contributed by atoms with Crippen LogP contribution in [0.4, 0.5) is 17.1 Å². The van der Waals surface area contributed by atoms with E-state index in [4.69, 9.17) is 4.42 Å². The van der Waals surface area contributed by atoms with Crippen LogP contribution < -0.4 is 25.6 Å². The lowest BCUT2D eigenvalue weighted by Gasteiger charge is -2.45. The van der Waals surface area contributed by atoms with E-state index in [1.807, 2.05) is 0 Å². The van der Waals surface area contributed by atoms with Crippen molar-refractivity contribution in [3.05, 3.63) is 222 Å². The first-order chi connectivity index (χ1) is 28.8. The first-order valence-corrected chi connectivity index (χ1v) is 22.3. The van der Waals surface area contributed by atoms with E-state index < -0.39 is 13.5 Å². The van der Waals surface area contributed by atoms with Gasteiger partial charge in [-0.25, -0.2) is 0 Å². The molecule has 0 N–H and O–H groups in total. The van der Waals surface area contributed by atoms with E-state index in [1.165, 1.54) is 104 Å². The van der Waals surface area contributed by atoms with Gasteiger partial charge in [0.05, 0.1) is 16.8 Å². The average Bonchev–Trinajstić information content (AvgIpc) is 3.98. The van der Waals surface area contributed by atoms with Gasteiger partial charge in [0.25, 0.3) is 0 Å². The summed E-state index contributed by atoms with van der Waals surface area (Å²) in [6.45, 7) is 0. The summed E-state index contributed by atoms with van der Waals surface area (Å²) in [5.41, 5.74) is 18.3. The second kappa shape index (κ2) is 10.8. The monoisotopic (exact) mass is 751 g/mol. The van der Waals surface area contributed by atoms with Gasteiger partial charge in [0.15, 0.2) is 8.07 Å². The summed E-state index contributed by atoms with van der Waals surface area (Å²) in [6.07, 6.45) is 0. The molecule has 0 amide bonds. The smallest absolute Gasteiger partial charge is 0.182 e. The van der Waals surface area contributed by atoms with Crippen LogP contribution in [-0.4, -0.2) is 8.07 Å². The van der Waals surface area contributed by atoms with Crippen LogP contribution in [0, 0.1) is 0 Å². The Morgan fingerprint density at radius 3 is 1.50 bits per heavy atom. The number of hydrogen-bond donors (Lipinski definition) is 0. The number of hydrogen-bond acceptors (Lipinski definition) is 2. The summed E-state index contributed by atoms with van der Waals surface area (Å²) in [4.78, 5) is 2.55. The molecule has 4 heterocycles. The highest BCUT2D eigenvalue weighted by molar-refractivity contribution is 7.24. The van der Waals surface area contributed by atoms with Gasteiger partial charge in [-0.1, -0.05) is 158 Å². The van der Waals surface area contributed by atoms with Gasteiger partial charge in [-0.2, -0.15) is 0 Å². The molecule has 0 unspecified atom stereocenters. The third-order valence-corrected chi connectivity index (χ3v) is 18.8. The molecule has 2 spiro atoms. The van der Waals surface area contributed by atoms with Crippen molar-refractivity contribution in [3.8, 4) is 33.4 Å². The number of furan rings is 1. The van der Waals surface area contributed by atoms with Crippen molar-refractivity contribution in [1.29, 1.82) is 0 Å². The molecular formula is C55H33NOSi. The highest BCUT2D eigenvalue weighted by atomic mass is 28.3. The van der Waals surface area contributed by atoms with Crippen LogP contribution in [0.5, 0.6) is 0 Å². The van der Waals surface area contributed by atoms with E-state index in [9.17, 15) is 0 Å². The van der Waals surface area contributed by atoms with E-state index in [1.54, 1.807) is 0 Å². The van der Waals surface area contributed by atoms with Crippen molar-refractivity contribution >= 4 is 67.8 Å². The van der Waals surface area contributed by atoms with Crippen molar-refractivity contribution in [3.63, 3.8) is 0 Å². The Kier molecular flexibility index (Phi) is 5.76. The molecule has 1 aromatic heterocycles. The van der Waals surface area contributed by atoms with Crippen LogP contribution >= 0.6 is 0 Å². The molecule has 0 fully saturated rings. The van der Waals surface area contributed by atoms with Crippen molar-refractivity contribution in [2.75, 3.05) is 4.90 Å². The molecule has 4 aliphatic rings. The quantitative estimate of drug-likeness (QED) is 0.155. The normalized spacial score (nSPS) is 15.1. The molecule has 268 valence electrons. The lowest BCUT2D eigenvalue weighted by atomic mass is 9.64. The highest BCUT2D eigenvalue weighted by Gasteiger charge is 2.55. The predicted octanol–water partition coefficient (Wildman–Crippen LogP) is 11.1. The summed E-state index contributed by atoms with van der Waals surface area (Å²) in [5.74, 6) is 0. The molecule has 58 heavy (non-hydrogen) atoms. The molecule has 9 aromatic carbocycles. The Morgan fingerprint density at radius 2 is 0.845 bits per heavy atom. The van der Waals surface area contributed by atoms with E-state index in [0.29, 0.717) is 0 Å². The van der Waals surface area contributed by atoms with Crippen molar-refractivity contribution in [2.45, 2.75) is 5.41 Å². The Balaban J connectivity index is 1.07. The van der Waals surface area contributed by atoms with E-state index in [0.717, 1.165) is 11.2 Å². The minimum absolute atomic E-state index is 0.444. The van der Waals surface area contributed by atoms with E-state index in [2.05, 4.69) is 205 Å². The molecular weight excluding hydrogens is 719 g/mol. The Hall–Kier alpha value is -7.20. The summed E-state index contributed by atoms with van der Waals surface area (Å²) in [7, 11) is -2.80. The molecule has 0 bridgehead atoms. The summed E-state index contributed by atoms with van der Waals surface area (Å²) < 4.78 is 6.58. The first-order valence-electron chi connectivity index (χ1n) is 20.3. The molecule has 0 radical (unpaired) electrons. The summed E-state index contributed by atoms with van der Waals surface area (Å²) in [6, 6.07) is 75.6. The van der Waals surface area contributed by atoms with Gasteiger partial charge in [-0.3, -0.25) is 0 Å². The predicted molar refractivity (Wildman–Crippen MR) is 241 cm³/mol. The topological polar surface area (TPSA) is 16.4 Å². The molecule has 0 atom stereocenters. The maximum Gasteiger partial charge on any atom is 0.182 e. The maximum absolute atomic E-state index is 6.58. The molecule has 0 saturated carbocycles. The standard InChI is InChI=1S/C55H33NOSi/c1-6-20-43-35(15-1)36-16-2-7-21-44(36)55(43)45-22-8-10-24-47(45)56(48-25-11-9-23-46(48)55)34-29-30-40-42-32-50-41(37-17-3-12-26-49(37)57-50)33-54(42)58(53(40)31-34)51-27-13-4-18-38(51)39-19-5-14-28-52(39)58/h1-33H. The summed E-state index contributed by atoms with van der Waals surface area (Å²) >= 11 is 0. The fraction of sp³-hybridized carbons (Fsp3) is 0.0182. The van der Waals surface area contributed by atoms with Crippen LogP contribution in [0.15, 0.2) is 205 Å². The Morgan fingerprint density at radius 1 is 0.345 bits per heavy atom.